The Kier molecular flexibility index (Phi) is 6.06. The van der Waals surface area contributed by atoms with E-state index >= 15 is 0 Å². The molecule has 2 aromatic carbocycles. The van der Waals surface area contributed by atoms with Crippen LogP contribution in [0.15, 0.2) is 42.5 Å². The van der Waals surface area contributed by atoms with E-state index in [4.69, 9.17) is 27.9 Å². The van der Waals surface area contributed by atoms with Gasteiger partial charge in [-0.2, -0.15) is 0 Å². The molecule has 7 heteroatoms. The van der Waals surface area contributed by atoms with Gasteiger partial charge in [0.05, 0.1) is 16.8 Å². The number of carbonyl (C=O) groups excluding carboxylic acids is 2. The first-order chi connectivity index (χ1) is 11.3. The van der Waals surface area contributed by atoms with Crippen molar-refractivity contribution in [2.75, 3.05) is 10.6 Å². The summed E-state index contributed by atoms with van der Waals surface area (Å²) in [5.41, 5.74) is 0.744. The smallest absolute Gasteiger partial charge is 0.314 e. The molecule has 2 aromatic rings. The predicted octanol–water partition coefficient (Wildman–Crippen LogP) is 4.36. The van der Waals surface area contributed by atoms with Crippen molar-refractivity contribution in [3.63, 3.8) is 0 Å². The van der Waals surface area contributed by atoms with Gasteiger partial charge in [-0.05, 0) is 56.3 Å². The fraction of sp³-hybridized carbons (Fsp3) is 0.176. The van der Waals surface area contributed by atoms with Crippen molar-refractivity contribution < 1.29 is 14.3 Å². The molecular weight excluding hydrogens is 351 g/mol. The number of amides is 2. The first kappa shape index (κ1) is 18.1. The number of benzene rings is 2. The minimum atomic E-state index is -0.846. The number of hydrogen-bond donors (Lipinski definition) is 2. The van der Waals surface area contributed by atoms with Gasteiger partial charge in [0.1, 0.15) is 5.75 Å². The summed E-state index contributed by atoms with van der Waals surface area (Å²) in [5, 5.41) is 5.60. The molecule has 2 amide bonds. The Bertz CT molecular complexity index is 746. The van der Waals surface area contributed by atoms with Gasteiger partial charge >= 0.3 is 11.8 Å². The molecule has 0 fully saturated rings. The molecule has 0 atom stereocenters. The molecule has 0 spiro atoms. The van der Waals surface area contributed by atoms with Crippen LogP contribution in [0.4, 0.5) is 11.4 Å². The average molecular weight is 367 g/mol. The molecule has 0 aromatic heterocycles. The Morgan fingerprint density at radius 3 is 2.21 bits per heavy atom. The zero-order valence-corrected chi connectivity index (χ0v) is 14.6. The van der Waals surface area contributed by atoms with Gasteiger partial charge in [-0.1, -0.05) is 23.2 Å². The Labute approximate surface area is 149 Å². The Morgan fingerprint density at radius 2 is 1.58 bits per heavy atom. The SMILES string of the molecule is CC(C)Oc1ccc(NC(=O)C(=O)Nc2cc(Cl)ccc2Cl)cc1. The second kappa shape index (κ2) is 8.04. The van der Waals surface area contributed by atoms with Crippen LogP contribution in [0.2, 0.25) is 10.0 Å². The first-order valence-electron chi connectivity index (χ1n) is 7.19. The third kappa shape index (κ3) is 5.15. The standard InChI is InChI=1S/C17H16Cl2N2O3/c1-10(2)24-13-6-4-12(5-7-13)20-16(22)17(23)21-15-9-11(18)3-8-14(15)19/h3-10H,1-2H3,(H,20,22)(H,21,23). The topological polar surface area (TPSA) is 67.4 Å². The van der Waals surface area contributed by atoms with Gasteiger partial charge < -0.3 is 15.4 Å². The first-order valence-corrected chi connectivity index (χ1v) is 7.95. The zero-order chi connectivity index (χ0) is 17.7. The van der Waals surface area contributed by atoms with Crippen LogP contribution in [0.1, 0.15) is 13.8 Å². The summed E-state index contributed by atoms with van der Waals surface area (Å²) in [4.78, 5) is 23.9. The Hall–Kier alpha value is -2.24. The van der Waals surface area contributed by atoms with Crippen molar-refractivity contribution in [2.45, 2.75) is 20.0 Å². The molecule has 0 saturated heterocycles. The largest absolute Gasteiger partial charge is 0.491 e. The minimum Gasteiger partial charge on any atom is -0.491 e. The van der Waals surface area contributed by atoms with Gasteiger partial charge in [0.15, 0.2) is 0 Å². The lowest BCUT2D eigenvalue weighted by Gasteiger charge is -2.11. The van der Waals surface area contributed by atoms with E-state index in [1.165, 1.54) is 12.1 Å². The van der Waals surface area contributed by atoms with E-state index in [9.17, 15) is 9.59 Å². The molecule has 0 unspecified atom stereocenters. The summed E-state index contributed by atoms with van der Waals surface area (Å²) >= 11 is 11.8. The number of nitrogens with one attached hydrogen (secondary N) is 2. The van der Waals surface area contributed by atoms with Crippen molar-refractivity contribution >= 4 is 46.4 Å². The van der Waals surface area contributed by atoms with Gasteiger partial charge in [-0.25, -0.2) is 0 Å². The molecule has 24 heavy (non-hydrogen) atoms. The van der Waals surface area contributed by atoms with Crippen LogP contribution in [0.3, 0.4) is 0 Å². The van der Waals surface area contributed by atoms with Crippen LogP contribution in [0.25, 0.3) is 0 Å². The highest BCUT2D eigenvalue weighted by atomic mass is 35.5. The third-order valence-corrected chi connectivity index (χ3v) is 3.43. The molecule has 0 aliphatic carbocycles. The number of anilines is 2. The highest BCUT2D eigenvalue weighted by molar-refractivity contribution is 6.45. The number of carbonyl (C=O) groups is 2. The van der Waals surface area contributed by atoms with E-state index in [0.29, 0.717) is 16.5 Å². The van der Waals surface area contributed by atoms with Gasteiger partial charge in [0.2, 0.25) is 0 Å². The number of halogens is 2. The van der Waals surface area contributed by atoms with Gasteiger partial charge in [0.25, 0.3) is 0 Å². The summed E-state index contributed by atoms with van der Waals surface area (Å²) in [5.74, 6) is -0.983. The predicted molar refractivity (Wildman–Crippen MR) is 95.9 cm³/mol. The fourth-order valence-corrected chi connectivity index (χ4v) is 2.19. The number of ether oxygens (including phenoxy) is 1. The van der Waals surface area contributed by atoms with Crippen LogP contribution < -0.4 is 15.4 Å². The molecule has 0 aliphatic heterocycles. The molecule has 0 aliphatic rings. The van der Waals surface area contributed by atoms with E-state index in [-0.39, 0.29) is 16.8 Å². The van der Waals surface area contributed by atoms with Gasteiger partial charge in [-0.3, -0.25) is 9.59 Å². The number of hydrogen-bond acceptors (Lipinski definition) is 3. The zero-order valence-electron chi connectivity index (χ0n) is 13.1. The lowest BCUT2D eigenvalue weighted by molar-refractivity contribution is -0.132. The molecule has 0 saturated carbocycles. The molecule has 0 bridgehead atoms. The molecular formula is C17H16Cl2N2O3. The monoisotopic (exact) mass is 366 g/mol. The summed E-state index contributed by atoms with van der Waals surface area (Å²) < 4.78 is 5.51. The Balaban J connectivity index is 1.98. The van der Waals surface area contributed by atoms with Crippen molar-refractivity contribution in [1.82, 2.24) is 0 Å². The average Bonchev–Trinajstić information content (AvgIpc) is 2.52. The second-order valence-corrected chi connectivity index (χ2v) is 6.07. The highest BCUT2D eigenvalue weighted by Gasteiger charge is 2.15. The van der Waals surface area contributed by atoms with Crippen LogP contribution in [-0.4, -0.2) is 17.9 Å². The van der Waals surface area contributed by atoms with Crippen LogP contribution in [0.5, 0.6) is 5.75 Å². The van der Waals surface area contributed by atoms with E-state index in [1.54, 1.807) is 30.3 Å². The Morgan fingerprint density at radius 1 is 0.958 bits per heavy atom. The third-order valence-electron chi connectivity index (χ3n) is 2.87. The summed E-state index contributed by atoms with van der Waals surface area (Å²) in [6.07, 6.45) is 0.0543. The van der Waals surface area contributed by atoms with Crippen LogP contribution >= 0.6 is 23.2 Å². The normalized spacial score (nSPS) is 10.4. The quantitative estimate of drug-likeness (QED) is 0.790. The molecule has 2 rings (SSSR count). The van der Waals surface area contributed by atoms with Crippen molar-refractivity contribution in [3.8, 4) is 5.75 Å². The minimum absolute atomic E-state index is 0.0543. The van der Waals surface area contributed by atoms with Crippen molar-refractivity contribution in [1.29, 1.82) is 0 Å². The summed E-state index contributed by atoms with van der Waals surface area (Å²) in [6.45, 7) is 3.84. The summed E-state index contributed by atoms with van der Waals surface area (Å²) in [6, 6.07) is 11.3. The van der Waals surface area contributed by atoms with Gasteiger partial charge in [0, 0.05) is 10.7 Å². The van der Waals surface area contributed by atoms with Crippen molar-refractivity contribution in [3.05, 3.63) is 52.5 Å². The maximum absolute atomic E-state index is 11.9. The van der Waals surface area contributed by atoms with Crippen LogP contribution in [0, 0.1) is 0 Å². The molecule has 5 nitrogen and oxygen atoms in total. The van der Waals surface area contributed by atoms with E-state index in [2.05, 4.69) is 10.6 Å². The molecule has 0 heterocycles. The lowest BCUT2D eigenvalue weighted by Crippen LogP contribution is -2.29. The second-order valence-electron chi connectivity index (χ2n) is 5.22. The van der Waals surface area contributed by atoms with E-state index in [0.717, 1.165) is 0 Å². The highest BCUT2D eigenvalue weighted by Crippen LogP contribution is 2.25. The van der Waals surface area contributed by atoms with E-state index in [1.807, 2.05) is 13.8 Å². The molecule has 2 N–H and O–H groups in total. The van der Waals surface area contributed by atoms with Gasteiger partial charge in [-0.15, -0.1) is 0 Å². The maximum atomic E-state index is 11.9. The summed E-state index contributed by atoms with van der Waals surface area (Å²) in [7, 11) is 0. The molecule has 126 valence electrons. The maximum Gasteiger partial charge on any atom is 0.314 e. The number of rotatable bonds is 4. The molecule has 0 radical (unpaired) electrons. The fourth-order valence-electron chi connectivity index (χ4n) is 1.85. The van der Waals surface area contributed by atoms with Crippen molar-refractivity contribution in [2.24, 2.45) is 0 Å². The van der Waals surface area contributed by atoms with E-state index < -0.39 is 11.8 Å². The lowest BCUT2D eigenvalue weighted by atomic mass is 10.3. The van der Waals surface area contributed by atoms with Crippen LogP contribution in [-0.2, 0) is 9.59 Å².